The van der Waals surface area contributed by atoms with Crippen molar-refractivity contribution >= 4 is 5.82 Å². The first kappa shape index (κ1) is 11.4. The van der Waals surface area contributed by atoms with Crippen LogP contribution in [0.15, 0.2) is 12.4 Å². The van der Waals surface area contributed by atoms with E-state index in [1.165, 1.54) is 19.3 Å². The third-order valence-corrected chi connectivity index (χ3v) is 3.46. The van der Waals surface area contributed by atoms with Gasteiger partial charge in [0, 0.05) is 13.1 Å². The molecular formula is C13H21N3. The lowest BCUT2D eigenvalue weighted by molar-refractivity contribution is 0.571. The number of aromatic nitrogens is 2. The summed E-state index contributed by atoms with van der Waals surface area (Å²) in [4.78, 5) is 11.4. The molecule has 3 nitrogen and oxygen atoms in total. The van der Waals surface area contributed by atoms with E-state index in [1.807, 2.05) is 12.4 Å². The van der Waals surface area contributed by atoms with Gasteiger partial charge in [0.2, 0.25) is 0 Å². The summed E-state index contributed by atoms with van der Waals surface area (Å²) in [6.45, 7) is 6.66. The van der Waals surface area contributed by atoms with E-state index in [4.69, 9.17) is 0 Å². The van der Waals surface area contributed by atoms with E-state index in [2.05, 4.69) is 28.7 Å². The summed E-state index contributed by atoms with van der Waals surface area (Å²) >= 11 is 0. The van der Waals surface area contributed by atoms with Crippen LogP contribution in [0, 0.1) is 0 Å². The fraction of sp³-hybridized carbons (Fsp3) is 0.692. The first-order chi connectivity index (χ1) is 7.81. The number of hydrogen-bond donors (Lipinski definition) is 0. The lowest BCUT2D eigenvalue weighted by Crippen LogP contribution is -2.30. The zero-order valence-electron chi connectivity index (χ0n) is 10.3. The molecule has 2 heterocycles. The van der Waals surface area contributed by atoms with Crippen molar-refractivity contribution < 1.29 is 0 Å². The van der Waals surface area contributed by atoms with Gasteiger partial charge < -0.3 is 4.90 Å². The van der Waals surface area contributed by atoms with Gasteiger partial charge in [-0.05, 0) is 31.6 Å². The van der Waals surface area contributed by atoms with Crippen LogP contribution in [-0.4, -0.2) is 23.1 Å². The zero-order valence-corrected chi connectivity index (χ0v) is 10.3. The Morgan fingerprint density at radius 3 is 2.50 bits per heavy atom. The molecule has 0 aromatic carbocycles. The normalized spacial score (nSPS) is 18.5. The minimum atomic E-state index is 0.517. The van der Waals surface area contributed by atoms with Crippen LogP contribution in [-0.2, 0) is 0 Å². The van der Waals surface area contributed by atoms with Gasteiger partial charge in [-0.25, -0.2) is 4.98 Å². The van der Waals surface area contributed by atoms with Crippen LogP contribution in [0.1, 0.15) is 51.1 Å². The van der Waals surface area contributed by atoms with E-state index in [9.17, 15) is 0 Å². The molecule has 0 aliphatic carbocycles. The Morgan fingerprint density at radius 1 is 1.19 bits per heavy atom. The molecule has 1 fully saturated rings. The quantitative estimate of drug-likeness (QED) is 0.782. The summed E-state index contributed by atoms with van der Waals surface area (Å²) in [5.74, 6) is 1.56. The number of nitrogens with zero attached hydrogens (tertiary/aromatic N) is 3. The molecule has 0 saturated carbocycles. The van der Waals surface area contributed by atoms with Crippen molar-refractivity contribution in [3.8, 4) is 0 Å². The maximum absolute atomic E-state index is 4.53. The Labute approximate surface area is 97.9 Å². The Hall–Kier alpha value is -1.12. The summed E-state index contributed by atoms with van der Waals surface area (Å²) in [7, 11) is 0. The molecule has 16 heavy (non-hydrogen) atoms. The Bertz CT molecular complexity index is 314. The molecule has 1 aromatic rings. The second-order valence-electron chi connectivity index (χ2n) is 4.66. The molecule has 2 rings (SSSR count). The van der Waals surface area contributed by atoms with Gasteiger partial charge in [0.05, 0.1) is 18.1 Å². The van der Waals surface area contributed by atoms with Crippen LogP contribution in [0.2, 0.25) is 0 Å². The summed E-state index contributed by atoms with van der Waals surface area (Å²) in [5.41, 5.74) is 1.11. The molecule has 1 unspecified atom stereocenters. The monoisotopic (exact) mass is 219 g/mol. The van der Waals surface area contributed by atoms with E-state index >= 15 is 0 Å². The third kappa shape index (κ3) is 2.52. The maximum Gasteiger partial charge on any atom is 0.147 e. The largest absolute Gasteiger partial charge is 0.355 e. The molecule has 0 bridgehead atoms. The predicted molar refractivity (Wildman–Crippen MR) is 66.8 cm³/mol. The zero-order chi connectivity index (χ0) is 11.4. The second-order valence-corrected chi connectivity index (χ2v) is 4.66. The highest BCUT2D eigenvalue weighted by molar-refractivity contribution is 5.36. The van der Waals surface area contributed by atoms with Crippen LogP contribution in [0.3, 0.4) is 0 Å². The highest BCUT2D eigenvalue weighted by Gasteiger charge is 2.13. The van der Waals surface area contributed by atoms with Crippen LogP contribution < -0.4 is 4.90 Å². The molecular weight excluding hydrogens is 198 g/mol. The molecule has 1 aromatic heterocycles. The fourth-order valence-corrected chi connectivity index (χ4v) is 2.08. The van der Waals surface area contributed by atoms with Gasteiger partial charge >= 0.3 is 0 Å². The molecule has 1 saturated heterocycles. The number of hydrogen-bond acceptors (Lipinski definition) is 3. The number of rotatable bonds is 3. The molecule has 1 aliphatic heterocycles. The van der Waals surface area contributed by atoms with Crippen molar-refractivity contribution in [1.29, 1.82) is 0 Å². The van der Waals surface area contributed by atoms with Gasteiger partial charge in [0.25, 0.3) is 0 Å². The molecule has 88 valence electrons. The van der Waals surface area contributed by atoms with E-state index in [1.54, 1.807) is 0 Å². The molecule has 0 radical (unpaired) electrons. The SMILES string of the molecule is CCC(C)c1cnc(N2CCCCC2)cn1. The third-order valence-electron chi connectivity index (χ3n) is 3.46. The van der Waals surface area contributed by atoms with Crippen molar-refractivity contribution in [2.24, 2.45) is 0 Å². The molecule has 3 heteroatoms. The van der Waals surface area contributed by atoms with Gasteiger partial charge in [-0.3, -0.25) is 4.98 Å². The maximum atomic E-state index is 4.53. The van der Waals surface area contributed by atoms with Crippen LogP contribution in [0.5, 0.6) is 0 Å². The van der Waals surface area contributed by atoms with Gasteiger partial charge in [-0.2, -0.15) is 0 Å². The summed E-state index contributed by atoms with van der Waals surface area (Å²) in [6, 6.07) is 0. The van der Waals surface area contributed by atoms with Gasteiger partial charge in [0.1, 0.15) is 5.82 Å². The van der Waals surface area contributed by atoms with Crippen molar-refractivity contribution in [1.82, 2.24) is 9.97 Å². The van der Waals surface area contributed by atoms with E-state index in [0.717, 1.165) is 31.0 Å². The highest BCUT2D eigenvalue weighted by atomic mass is 15.2. The van der Waals surface area contributed by atoms with E-state index in [-0.39, 0.29) is 0 Å². The van der Waals surface area contributed by atoms with E-state index in [0.29, 0.717) is 5.92 Å². The second kappa shape index (κ2) is 5.28. The van der Waals surface area contributed by atoms with Crippen molar-refractivity contribution in [3.05, 3.63) is 18.1 Å². The fourth-order valence-electron chi connectivity index (χ4n) is 2.08. The first-order valence-corrected chi connectivity index (χ1v) is 6.38. The molecule has 0 amide bonds. The minimum absolute atomic E-state index is 0.517. The molecule has 0 N–H and O–H groups in total. The smallest absolute Gasteiger partial charge is 0.147 e. The first-order valence-electron chi connectivity index (χ1n) is 6.38. The standard InChI is InChI=1S/C13H21N3/c1-3-11(2)12-9-15-13(10-14-12)16-7-5-4-6-8-16/h9-11H,3-8H2,1-2H3. The van der Waals surface area contributed by atoms with Crippen molar-refractivity contribution in [2.75, 3.05) is 18.0 Å². The number of anilines is 1. The topological polar surface area (TPSA) is 29.0 Å². The molecule has 1 aliphatic rings. The predicted octanol–water partition coefficient (Wildman–Crippen LogP) is 2.98. The number of piperidine rings is 1. The van der Waals surface area contributed by atoms with Gasteiger partial charge in [0.15, 0.2) is 0 Å². The van der Waals surface area contributed by atoms with Crippen molar-refractivity contribution in [2.45, 2.75) is 45.4 Å². The lowest BCUT2D eigenvalue weighted by atomic mass is 10.1. The Morgan fingerprint density at radius 2 is 1.94 bits per heavy atom. The Balaban J connectivity index is 2.06. The van der Waals surface area contributed by atoms with Crippen LogP contribution >= 0.6 is 0 Å². The average molecular weight is 219 g/mol. The van der Waals surface area contributed by atoms with Gasteiger partial charge in [-0.15, -0.1) is 0 Å². The molecule has 0 spiro atoms. The molecule has 1 atom stereocenters. The summed E-state index contributed by atoms with van der Waals surface area (Å²) < 4.78 is 0. The van der Waals surface area contributed by atoms with Crippen LogP contribution in [0.25, 0.3) is 0 Å². The summed E-state index contributed by atoms with van der Waals surface area (Å²) in [5, 5.41) is 0. The van der Waals surface area contributed by atoms with E-state index < -0.39 is 0 Å². The minimum Gasteiger partial charge on any atom is -0.355 e. The van der Waals surface area contributed by atoms with Gasteiger partial charge in [-0.1, -0.05) is 13.8 Å². The van der Waals surface area contributed by atoms with Crippen molar-refractivity contribution in [3.63, 3.8) is 0 Å². The Kier molecular flexibility index (Phi) is 3.75. The average Bonchev–Trinajstić information content (AvgIpc) is 2.39. The highest BCUT2D eigenvalue weighted by Crippen LogP contribution is 2.19. The summed E-state index contributed by atoms with van der Waals surface area (Å²) in [6.07, 6.45) is 8.93. The lowest BCUT2D eigenvalue weighted by Gasteiger charge is -2.27. The van der Waals surface area contributed by atoms with Crippen LogP contribution in [0.4, 0.5) is 5.82 Å².